The largest absolute Gasteiger partial charge is 0.309 e. The summed E-state index contributed by atoms with van der Waals surface area (Å²) in [6, 6.07) is 112. The Morgan fingerprint density at radius 1 is 0.169 bits per heavy atom. The standard InChI is InChI=1S/2C51H31N11/c1-3-13-32(14-4-1)46-58-47(33-15-5-2-6-16-33)60-51(59-46)62-42-20-10-8-18-37(42)39-30-35(22-24-44(39)62)34-21-23-43-38(29-34)36-17-7-9-19-41(36)61(43)45-31-40(48-52-25-11-26-53-48)56-50(57-45)49-54-27-12-28-55-49;1-3-11-32(12-4-1)49-58-50(33-13-5-2-6-14-33)60-51(59-49)62-44-18-10-8-16-40(44)42-27-35(20-22-46(42)62)34-19-21-45-41(26-34)39-15-7-9-17-43(39)61(45)38-24-36(47-54-28-52-29-55-47)23-37(25-38)48-56-30-53-31-57-48/h2*1-31H. The van der Waals surface area contributed by atoms with Crippen molar-refractivity contribution in [2.24, 2.45) is 0 Å². The number of aromatic nitrogens is 22. The molecule has 0 amide bonds. The SMILES string of the molecule is c1ccc(-c2nc(-c3ccccc3)nc(-n3c4ccccc4c4cc(-c5ccc6c(c5)c5ccccc5n6-c5cc(-c6ncccn6)nc(-c6ncccn6)n5)ccc43)n2)cc1.c1ccc(-c2nc(-c3ccccc3)nc(-n3c4ccccc4c4cc(-c5ccc6c(c5)c5ccccc5n6-c5cc(-c6ncncn6)cc(-c6ncncn6)c5)ccc43)n2)cc1. The van der Waals surface area contributed by atoms with Gasteiger partial charge in [0, 0.05) is 113 Å². The number of para-hydroxylation sites is 4. The maximum atomic E-state index is 5.11. The van der Waals surface area contributed by atoms with Gasteiger partial charge in [0.1, 0.15) is 36.8 Å². The van der Waals surface area contributed by atoms with E-state index in [0.717, 1.165) is 149 Å². The number of benzene rings is 13. The average molecular weight is 1600 g/mol. The van der Waals surface area contributed by atoms with E-state index in [4.69, 9.17) is 39.9 Å². The van der Waals surface area contributed by atoms with E-state index < -0.39 is 0 Å². The molecule has 0 atom stereocenters. The van der Waals surface area contributed by atoms with Crippen molar-refractivity contribution in [3.8, 4) is 137 Å². The third kappa shape index (κ3) is 12.9. The Morgan fingerprint density at radius 3 is 0.863 bits per heavy atom. The minimum absolute atomic E-state index is 0.380. The van der Waals surface area contributed by atoms with E-state index in [0.29, 0.717) is 75.8 Å². The molecule has 24 aromatic rings. The van der Waals surface area contributed by atoms with Crippen LogP contribution >= 0.6 is 0 Å². The first kappa shape index (κ1) is 71.6. The quantitative estimate of drug-likeness (QED) is 0.0980. The lowest BCUT2D eigenvalue weighted by molar-refractivity contribution is 0.953. The highest BCUT2D eigenvalue weighted by molar-refractivity contribution is 6.15. The highest BCUT2D eigenvalue weighted by atomic mass is 15.2. The zero-order valence-electron chi connectivity index (χ0n) is 65.6. The second kappa shape index (κ2) is 30.4. The molecule has 0 bridgehead atoms. The fourth-order valence-electron chi connectivity index (χ4n) is 16.7. The molecule has 0 aliphatic carbocycles. The topological polar surface area (TPSA) is 252 Å². The Kier molecular flexibility index (Phi) is 17.5. The van der Waals surface area contributed by atoms with Crippen molar-refractivity contribution in [2.45, 2.75) is 0 Å². The number of hydrogen-bond donors (Lipinski definition) is 0. The molecule has 24 rings (SSSR count). The van der Waals surface area contributed by atoms with Gasteiger partial charge in [-0.2, -0.15) is 19.9 Å². The first-order valence-corrected chi connectivity index (χ1v) is 40.2. The summed E-state index contributed by atoms with van der Waals surface area (Å²) < 4.78 is 8.75. The lowest BCUT2D eigenvalue weighted by atomic mass is 10.0. The van der Waals surface area contributed by atoms with E-state index in [1.165, 1.54) is 25.3 Å². The van der Waals surface area contributed by atoms with E-state index in [2.05, 4.69) is 244 Å². The minimum Gasteiger partial charge on any atom is -0.309 e. The molecule has 0 unspecified atom stereocenters. The van der Waals surface area contributed by atoms with Gasteiger partial charge >= 0.3 is 0 Å². The molecule has 0 aliphatic rings. The van der Waals surface area contributed by atoms with E-state index in [1.807, 2.05) is 140 Å². The minimum atomic E-state index is 0.380. The van der Waals surface area contributed by atoms with Gasteiger partial charge in [-0.05, 0) is 125 Å². The second-order valence-corrected chi connectivity index (χ2v) is 29.6. The molecule has 0 saturated carbocycles. The van der Waals surface area contributed by atoms with Gasteiger partial charge in [0.05, 0.1) is 44.1 Å². The fourth-order valence-corrected chi connectivity index (χ4v) is 16.7. The lowest BCUT2D eigenvalue weighted by Crippen LogP contribution is -2.06. The molecule has 22 nitrogen and oxygen atoms in total. The molecule has 0 aliphatic heterocycles. The van der Waals surface area contributed by atoms with Crippen molar-refractivity contribution in [2.75, 3.05) is 0 Å². The van der Waals surface area contributed by atoms with Crippen LogP contribution in [0.15, 0.2) is 378 Å². The Morgan fingerprint density at radius 2 is 0.484 bits per heavy atom. The van der Waals surface area contributed by atoms with Crippen LogP contribution in [0.25, 0.3) is 224 Å². The van der Waals surface area contributed by atoms with Gasteiger partial charge < -0.3 is 4.57 Å². The molecule has 124 heavy (non-hydrogen) atoms. The summed E-state index contributed by atoms with van der Waals surface area (Å²) in [5.74, 6) is 6.61. The maximum absolute atomic E-state index is 5.11. The van der Waals surface area contributed by atoms with Crippen LogP contribution in [0.2, 0.25) is 0 Å². The second-order valence-electron chi connectivity index (χ2n) is 29.6. The summed E-state index contributed by atoms with van der Waals surface area (Å²) in [7, 11) is 0. The molecule has 22 heteroatoms. The molecule has 580 valence electrons. The molecular formula is C102H62N22. The van der Waals surface area contributed by atoms with Crippen molar-refractivity contribution < 1.29 is 0 Å². The molecule has 11 heterocycles. The number of nitrogens with zero attached hydrogens (tertiary/aromatic N) is 22. The van der Waals surface area contributed by atoms with Crippen molar-refractivity contribution in [3.63, 3.8) is 0 Å². The van der Waals surface area contributed by atoms with Gasteiger partial charge in [0.25, 0.3) is 0 Å². The summed E-state index contributed by atoms with van der Waals surface area (Å²) >= 11 is 0. The summed E-state index contributed by atoms with van der Waals surface area (Å²) in [4.78, 5) is 84.1. The van der Waals surface area contributed by atoms with Gasteiger partial charge in [-0.25, -0.2) is 69.8 Å². The Labute approximate surface area is 705 Å². The van der Waals surface area contributed by atoms with Crippen molar-refractivity contribution >= 4 is 87.2 Å². The lowest BCUT2D eigenvalue weighted by Gasteiger charge is -2.12. The highest BCUT2D eigenvalue weighted by Gasteiger charge is 2.25. The molecule has 0 radical (unpaired) electrons. The zero-order valence-corrected chi connectivity index (χ0v) is 65.6. The fraction of sp³-hybridized carbons (Fsp3) is 0. The Bertz CT molecular complexity index is 7020. The molecule has 0 N–H and O–H groups in total. The molecule has 0 spiro atoms. The predicted octanol–water partition coefficient (Wildman–Crippen LogP) is 21.5. The highest BCUT2D eigenvalue weighted by Crippen LogP contribution is 2.43. The van der Waals surface area contributed by atoms with E-state index in [9.17, 15) is 0 Å². The average Bonchev–Trinajstić information content (AvgIpc) is 1.59. The normalized spacial score (nSPS) is 11.5. The van der Waals surface area contributed by atoms with E-state index >= 15 is 0 Å². The van der Waals surface area contributed by atoms with Gasteiger partial charge in [-0.3, -0.25) is 13.7 Å². The maximum Gasteiger partial charge on any atom is 0.238 e. The van der Waals surface area contributed by atoms with E-state index in [1.54, 1.807) is 36.9 Å². The van der Waals surface area contributed by atoms with Gasteiger partial charge in [0.2, 0.25) is 11.9 Å². The zero-order chi connectivity index (χ0) is 82.0. The third-order valence-electron chi connectivity index (χ3n) is 22.3. The molecule has 0 fully saturated rings. The van der Waals surface area contributed by atoms with Gasteiger partial charge in [-0.15, -0.1) is 0 Å². The smallest absolute Gasteiger partial charge is 0.238 e. The molecule has 0 saturated heterocycles. The summed E-state index contributed by atoms with van der Waals surface area (Å²) in [5.41, 5.74) is 19.3. The number of hydrogen-bond acceptors (Lipinski definition) is 18. The van der Waals surface area contributed by atoms with E-state index in [-0.39, 0.29) is 0 Å². The van der Waals surface area contributed by atoms with Crippen LogP contribution in [-0.4, -0.2) is 108 Å². The number of fused-ring (bicyclic) bond motifs is 12. The van der Waals surface area contributed by atoms with Crippen LogP contribution in [0.4, 0.5) is 0 Å². The summed E-state index contributed by atoms with van der Waals surface area (Å²) in [5, 5.41) is 8.84. The van der Waals surface area contributed by atoms with Gasteiger partial charge in [0.15, 0.2) is 52.4 Å². The molecule has 13 aromatic carbocycles. The summed E-state index contributed by atoms with van der Waals surface area (Å²) in [6.07, 6.45) is 12.8. The van der Waals surface area contributed by atoms with Crippen LogP contribution < -0.4 is 0 Å². The molecule has 11 aromatic heterocycles. The number of rotatable bonds is 14. The Hall–Kier alpha value is -17.7. The van der Waals surface area contributed by atoms with Crippen LogP contribution in [0, 0.1) is 0 Å². The van der Waals surface area contributed by atoms with Crippen molar-refractivity contribution in [3.05, 3.63) is 378 Å². The van der Waals surface area contributed by atoms with Crippen molar-refractivity contribution in [1.82, 2.24) is 108 Å². The molecular weight excluding hydrogens is 1530 g/mol. The Balaban J connectivity index is 0.000000143. The van der Waals surface area contributed by atoms with Crippen LogP contribution in [0.1, 0.15) is 0 Å². The predicted molar refractivity (Wildman–Crippen MR) is 485 cm³/mol. The van der Waals surface area contributed by atoms with Crippen LogP contribution in [-0.2, 0) is 0 Å². The third-order valence-corrected chi connectivity index (χ3v) is 22.3. The monoisotopic (exact) mass is 1590 g/mol. The van der Waals surface area contributed by atoms with Crippen LogP contribution in [0.3, 0.4) is 0 Å². The first-order valence-electron chi connectivity index (χ1n) is 40.2. The summed E-state index contributed by atoms with van der Waals surface area (Å²) in [6.45, 7) is 0. The van der Waals surface area contributed by atoms with Gasteiger partial charge in [-0.1, -0.05) is 218 Å². The van der Waals surface area contributed by atoms with Crippen molar-refractivity contribution in [1.29, 1.82) is 0 Å². The van der Waals surface area contributed by atoms with Crippen LogP contribution in [0.5, 0.6) is 0 Å². The first-order chi connectivity index (χ1) is 61.5.